The fraction of sp³-hybridized carbons (Fsp3) is 0.176. The molecular formula is C17H17N3O3. The second kappa shape index (κ2) is 6.39. The highest BCUT2D eigenvalue weighted by atomic mass is 16.5. The van der Waals surface area contributed by atoms with Crippen molar-refractivity contribution < 1.29 is 14.3 Å². The van der Waals surface area contributed by atoms with Crippen molar-refractivity contribution in [2.75, 3.05) is 19.0 Å². The van der Waals surface area contributed by atoms with Crippen molar-refractivity contribution in [1.82, 2.24) is 9.97 Å². The Morgan fingerprint density at radius 1 is 1.26 bits per heavy atom. The van der Waals surface area contributed by atoms with Gasteiger partial charge in [-0.2, -0.15) is 0 Å². The van der Waals surface area contributed by atoms with Crippen LogP contribution in [0.2, 0.25) is 0 Å². The normalized spacial score (nSPS) is 10.5. The summed E-state index contributed by atoms with van der Waals surface area (Å²) in [5.74, 6) is 1.01. The molecule has 3 aromatic rings. The number of carbonyl (C=O) groups excluding carboxylic acids is 1. The highest BCUT2D eigenvalue weighted by Gasteiger charge is 2.10. The van der Waals surface area contributed by atoms with Crippen LogP contribution in [0.4, 0.5) is 11.6 Å². The molecule has 0 fully saturated rings. The predicted octanol–water partition coefficient (Wildman–Crippen LogP) is 3.49. The standard InChI is InChI=1S/C17H17N3O3/c1-3-23-16(21)11-7-8-14-15(9-11)20-17(19-14)18-12-5-4-6-13(10-12)22-2/h4-10H,3H2,1-2H3,(H2,18,19,20). The molecule has 0 bridgehead atoms. The minimum Gasteiger partial charge on any atom is -0.497 e. The molecule has 23 heavy (non-hydrogen) atoms. The maximum absolute atomic E-state index is 11.8. The number of benzene rings is 2. The number of anilines is 2. The number of methoxy groups -OCH3 is 1. The lowest BCUT2D eigenvalue weighted by Crippen LogP contribution is -2.04. The molecule has 0 unspecified atom stereocenters. The number of nitrogens with zero attached hydrogens (tertiary/aromatic N) is 1. The van der Waals surface area contributed by atoms with E-state index < -0.39 is 0 Å². The Hall–Kier alpha value is -3.02. The number of imidazole rings is 1. The number of aromatic amines is 1. The zero-order valence-corrected chi connectivity index (χ0v) is 12.9. The van der Waals surface area contributed by atoms with Crippen molar-refractivity contribution in [2.45, 2.75) is 6.92 Å². The van der Waals surface area contributed by atoms with Crippen LogP contribution in [0.3, 0.4) is 0 Å². The molecule has 3 rings (SSSR count). The monoisotopic (exact) mass is 311 g/mol. The van der Waals surface area contributed by atoms with Crippen LogP contribution >= 0.6 is 0 Å². The van der Waals surface area contributed by atoms with Crippen LogP contribution in [-0.2, 0) is 4.74 Å². The number of hydrogen-bond donors (Lipinski definition) is 2. The van der Waals surface area contributed by atoms with Crippen LogP contribution in [-0.4, -0.2) is 29.7 Å². The van der Waals surface area contributed by atoms with E-state index in [2.05, 4.69) is 15.3 Å². The first-order valence-electron chi connectivity index (χ1n) is 7.27. The molecule has 0 aliphatic rings. The summed E-state index contributed by atoms with van der Waals surface area (Å²) in [6.45, 7) is 2.13. The molecule has 2 N–H and O–H groups in total. The van der Waals surface area contributed by atoms with Gasteiger partial charge < -0.3 is 19.8 Å². The molecule has 0 saturated heterocycles. The van der Waals surface area contributed by atoms with Gasteiger partial charge in [0, 0.05) is 11.8 Å². The molecule has 0 radical (unpaired) electrons. The van der Waals surface area contributed by atoms with Gasteiger partial charge in [0.15, 0.2) is 0 Å². The minimum absolute atomic E-state index is 0.341. The van der Waals surface area contributed by atoms with E-state index in [9.17, 15) is 4.79 Å². The van der Waals surface area contributed by atoms with Gasteiger partial charge in [-0.05, 0) is 37.3 Å². The Balaban J connectivity index is 1.86. The molecule has 6 nitrogen and oxygen atoms in total. The molecule has 1 heterocycles. The number of ether oxygens (including phenoxy) is 2. The quantitative estimate of drug-likeness (QED) is 0.705. The molecule has 0 atom stereocenters. The number of fused-ring (bicyclic) bond motifs is 1. The van der Waals surface area contributed by atoms with Crippen molar-refractivity contribution in [2.24, 2.45) is 0 Å². The number of esters is 1. The van der Waals surface area contributed by atoms with Crippen molar-refractivity contribution in [3.63, 3.8) is 0 Å². The Morgan fingerprint density at radius 3 is 2.91 bits per heavy atom. The summed E-state index contributed by atoms with van der Waals surface area (Å²) < 4.78 is 10.2. The van der Waals surface area contributed by atoms with Gasteiger partial charge in [0.2, 0.25) is 5.95 Å². The number of H-pyrrole nitrogens is 1. The molecule has 2 aromatic carbocycles. The van der Waals surface area contributed by atoms with Gasteiger partial charge in [-0.25, -0.2) is 9.78 Å². The zero-order chi connectivity index (χ0) is 16.2. The van der Waals surface area contributed by atoms with Gasteiger partial charge in [0.1, 0.15) is 5.75 Å². The van der Waals surface area contributed by atoms with E-state index in [-0.39, 0.29) is 5.97 Å². The summed E-state index contributed by atoms with van der Waals surface area (Å²) in [6.07, 6.45) is 0. The number of carbonyl (C=O) groups is 1. The van der Waals surface area contributed by atoms with Gasteiger partial charge in [0.05, 0.1) is 30.3 Å². The third-order valence-electron chi connectivity index (χ3n) is 3.33. The first kappa shape index (κ1) is 14.9. The van der Waals surface area contributed by atoms with Gasteiger partial charge in [0.25, 0.3) is 0 Å². The summed E-state index contributed by atoms with van der Waals surface area (Å²) >= 11 is 0. The Bertz CT molecular complexity index is 842. The number of nitrogens with one attached hydrogen (secondary N) is 2. The third kappa shape index (κ3) is 3.26. The summed E-state index contributed by atoms with van der Waals surface area (Å²) in [5.41, 5.74) is 2.88. The first-order valence-corrected chi connectivity index (χ1v) is 7.27. The minimum atomic E-state index is -0.341. The van der Waals surface area contributed by atoms with Crippen LogP contribution in [0.5, 0.6) is 5.75 Å². The fourth-order valence-corrected chi connectivity index (χ4v) is 2.25. The Morgan fingerprint density at radius 2 is 2.13 bits per heavy atom. The Labute approximate surface area is 133 Å². The van der Waals surface area contributed by atoms with Gasteiger partial charge >= 0.3 is 5.97 Å². The van der Waals surface area contributed by atoms with E-state index in [1.807, 2.05) is 24.3 Å². The molecule has 0 spiro atoms. The molecule has 0 aliphatic carbocycles. The second-order valence-electron chi connectivity index (χ2n) is 4.89. The van der Waals surface area contributed by atoms with Crippen LogP contribution in [0.1, 0.15) is 17.3 Å². The lowest BCUT2D eigenvalue weighted by molar-refractivity contribution is 0.0526. The number of hydrogen-bond acceptors (Lipinski definition) is 5. The van der Waals surface area contributed by atoms with Crippen molar-refractivity contribution in [1.29, 1.82) is 0 Å². The smallest absolute Gasteiger partial charge is 0.338 e. The highest BCUT2D eigenvalue weighted by molar-refractivity contribution is 5.94. The first-order chi connectivity index (χ1) is 11.2. The maximum atomic E-state index is 11.8. The van der Waals surface area contributed by atoms with Crippen molar-refractivity contribution in [3.05, 3.63) is 48.0 Å². The SMILES string of the molecule is CCOC(=O)c1ccc2nc(Nc3cccc(OC)c3)[nH]c2c1. The van der Waals surface area contributed by atoms with Crippen LogP contribution in [0.15, 0.2) is 42.5 Å². The molecule has 0 aliphatic heterocycles. The zero-order valence-electron chi connectivity index (χ0n) is 12.9. The van der Waals surface area contributed by atoms with E-state index in [4.69, 9.17) is 9.47 Å². The van der Waals surface area contributed by atoms with Crippen molar-refractivity contribution >= 4 is 28.6 Å². The largest absolute Gasteiger partial charge is 0.497 e. The molecule has 1 aromatic heterocycles. The molecule has 118 valence electrons. The summed E-state index contributed by atoms with van der Waals surface area (Å²) in [5, 5.41) is 3.18. The molecular weight excluding hydrogens is 294 g/mol. The van der Waals surface area contributed by atoms with Gasteiger partial charge in [-0.3, -0.25) is 0 Å². The molecule has 0 saturated carbocycles. The molecule has 0 amide bonds. The van der Waals surface area contributed by atoms with E-state index in [0.717, 1.165) is 22.5 Å². The maximum Gasteiger partial charge on any atom is 0.338 e. The highest BCUT2D eigenvalue weighted by Crippen LogP contribution is 2.22. The van der Waals surface area contributed by atoms with Gasteiger partial charge in [-0.1, -0.05) is 6.07 Å². The number of aromatic nitrogens is 2. The fourth-order valence-electron chi connectivity index (χ4n) is 2.25. The van der Waals surface area contributed by atoms with E-state index in [0.29, 0.717) is 18.1 Å². The van der Waals surface area contributed by atoms with Crippen LogP contribution in [0, 0.1) is 0 Å². The third-order valence-corrected chi connectivity index (χ3v) is 3.33. The average molecular weight is 311 g/mol. The number of rotatable bonds is 5. The molecule has 6 heteroatoms. The second-order valence-corrected chi connectivity index (χ2v) is 4.89. The van der Waals surface area contributed by atoms with Crippen LogP contribution in [0.25, 0.3) is 11.0 Å². The summed E-state index contributed by atoms with van der Waals surface area (Å²) in [4.78, 5) is 19.4. The summed E-state index contributed by atoms with van der Waals surface area (Å²) in [7, 11) is 1.62. The average Bonchev–Trinajstić information content (AvgIpc) is 2.96. The lowest BCUT2D eigenvalue weighted by atomic mass is 10.2. The topological polar surface area (TPSA) is 76.2 Å². The van der Waals surface area contributed by atoms with E-state index >= 15 is 0 Å². The summed E-state index contributed by atoms with van der Waals surface area (Å²) in [6, 6.07) is 12.8. The van der Waals surface area contributed by atoms with Gasteiger partial charge in [-0.15, -0.1) is 0 Å². The Kier molecular flexibility index (Phi) is 4.14. The van der Waals surface area contributed by atoms with Crippen LogP contribution < -0.4 is 10.1 Å². The predicted molar refractivity (Wildman–Crippen MR) is 88.3 cm³/mol. The lowest BCUT2D eigenvalue weighted by Gasteiger charge is -2.04. The van der Waals surface area contributed by atoms with E-state index in [1.54, 1.807) is 32.2 Å². The van der Waals surface area contributed by atoms with E-state index in [1.165, 1.54) is 0 Å². The van der Waals surface area contributed by atoms with Crippen molar-refractivity contribution in [3.8, 4) is 5.75 Å².